The molecule has 8 nitrogen and oxygen atoms in total. The van der Waals surface area contributed by atoms with Gasteiger partial charge in [-0.2, -0.15) is 4.31 Å². The van der Waals surface area contributed by atoms with E-state index in [-0.39, 0.29) is 34.7 Å². The van der Waals surface area contributed by atoms with Gasteiger partial charge in [-0.15, -0.1) is 0 Å². The Labute approximate surface area is 180 Å². The fraction of sp³-hybridized carbons (Fsp3) is 0.300. The predicted molar refractivity (Wildman–Crippen MR) is 113 cm³/mol. The van der Waals surface area contributed by atoms with Gasteiger partial charge in [0.1, 0.15) is 10.6 Å². The molecule has 0 fully saturated rings. The van der Waals surface area contributed by atoms with E-state index >= 15 is 0 Å². The molecule has 0 radical (unpaired) electrons. The summed E-state index contributed by atoms with van der Waals surface area (Å²) in [6.07, 6.45) is 0.641. The average molecular weight is 452 g/mol. The Hall–Kier alpha value is -2.62. The number of carbonyl (C=O) groups excluding carboxylic acids is 2. The van der Waals surface area contributed by atoms with Crippen molar-refractivity contribution in [3.63, 3.8) is 0 Å². The van der Waals surface area contributed by atoms with Gasteiger partial charge in [-0.1, -0.05) is 41.4 Å². The summed E-state index contributed by atoms with van der Waals surface area (Å²) in [4.78, 5) is 23.4. The highest BCUT2D eigenvalue weighted by molar-refractivity contribution is 7.89. The molecule has 0 aliphatic carbocycles. The lowest BCUT2D eigenvalue weighted by atomic mass is 10.1. The minimum atomic E-state index is -4.05. The number of hydrogen-bond acceptors (Lipinski definition) is 5. The number of likely N-dealkylation sites (N-methyl/N-ethyl adjacent to an activating group) is 1. The van der Waals surface area contributed by atoms with Gasteiger partial charge in [-0.05, 0) is 25.0 Å². The molecular weight excluding hydrogens is 430 g/mol. The van der Waals surface area contributed by atoms with E-state index < -0.39 is 15.9 Å². The molecule has 1 aliphatic rings. The Morgan fingerprint density at radius 1 is 1.27 bits per heavy atom. The van der Waals surface area contributed by atoms with Crippen molar-refractivity contribution in [2.45, 2.75) is 18.2 Å². The van der Waals surface area contributed by atoms with E-state index in [0.29, 0.717) is 18.7 Å². The molecule has 10 heteroatoms. The van der Waals surface area contributed by atoms with Crippen molar-refractivity contribution in [1.82, 2.24) is 9.62 Å². The maximum Gasteiger partial charge on any atom is 0.262 e. The third-order valence-corrected chi connectivity index (χ3v) is 6.85. The van der Waals surface area contributed by atoms with Crippen LogP contribution in [0.4, 0.5) is 5.69 Å². The second kappa shape index (κ2) is 9.03. The lowest BCUT2D eigenvalue weighted by Gasteiger charge is -2.22. The number of nitrogens with zero attached hydrogens (tertiary/aromatic N) is 1. The number of benzene rings is 2. The van der Waals surface area contributed by atoms with Gasteiger partial charge in [-0.3, -0.25) is 9.59 Å². The molecule has 2 aromatic rings. The van der Waals surface area contributed by atoms with Gasteiger partial charge in [0, 0.05) is 19.7 Å². The van der Waals surface area contributed by atoms with Crippen LogP contribution < -0.4 is 15.4 Å². The highest BCUT2D eigenvalue weighted by Gasteiger charge is 2.28. The van der Waals surface area contributed by atoms with Crippen LogP contribution in [-0.2, 0) is 26.0 Å². The zero-order valence-corrected chi connectivity index (χ0v) is 18.1. The minimum Gasteiger partial charge on any atom is -0.482 e. The van der Waals surface area contributed by atoms with Crippen LogP contribution >= 0.6 is 11.6 Å². The van der Waals surface area contributed by atoms with Crippen molar-refractivity contribution in [2.24, 2.45) is 0 Å². The fourth-order valence-electron chi connectivity index (χ4n) is 2.89. The van der Waals surface area contributed by atoms with Crippen molar-refractivity contribution in [3.05, 3.63) is 52.5 Å². The summed E-state index contributed by atoms with van der Waals surface area (Å²) in [6.45, 7) is 1.82. The predicted octanol–water partition coefficient (Wildman–Crippen LogP) is 1.96. The molecule has 0 saturated heterocycles. The first-order valence-electron chi connectivity index (χ1n) is 9.21. The number of fused-ring (bicyclic) bond motifs is 1. The van der Waals surface area contributed by atoms with Gasteiger partial charge in [0.15, 0.2) is 6.61 Å². The van der Waals surface area contributed by atoms with E-state index in [4.69, 9.17) is 16.3 Å². The smallest absolute Gasteiger partial charge is 0.262 e. The summed E-state index contributed by atoms with van der Waals surface area (Å²) in [5, 5.41) is 5.20. The molecular formula is C20H22ClN3O5S. The van der Waals surface area contributed by atoms with Crippen molar-refractivity contribution in [1.29, 1.82) is 0 Å². The van der Waals surface area contributed by atoms with Gasteiger partial charge in [0.25, 0.3) is 5.91 Å². The van der Waals surface area contributed by atoms with Crippen molar-refractivity contribution in [3.8, 4) is 5.75 Å². The second-order valence-corrected chi connectivity index (χ2v) is 9.38. The highest BCUT2D eigenvalue weighted by Crippen LogP contribution is 2.36. The molecule has 30 heavy (non-hydrogen) atoms. The quantitative estimate of drug-likeness (QED) is 0.669. The number of aryl methyl sites for hydroxylation is 1. The molecule has 0 aromatic heterocycles. The van der Waals surface area contributed by atoms with E-state index in [2.05, 4.69) is 10.6 Å². The van der Waals surface area contributed by atoms with Gasteiger partial charge >= 0.3 is 0 Å². The number of carbonyl (C=O) groups is 2. The van der Waals surface area contributed by atoms with Crippen LogP contribution in [0.2, 0.25) is 5.02 Å². The van der Waals surface area contributed by atoms with Gasteiger partial charge in [-0.25, -0.2) is 8.42 Å². The number of rotatable bonds is 7. The molecule has 0 atom stereocenters. The molecule has 2 aromatic carbocycles. The third-order valence-electron chi connectivity index (χ3n) is 4.58. The Balaban J connectivity index is 1.62. The van der Waals surface area contributed by atoms with Crippen LogP contribution in [0.15, 0.2) is 41.3 Å². The summed E-state index contributed by atoms with van der Waals surface area (Å²) >= 11 is 6.12. The first kappa shape index (κ1) is 22.1. The Bertz CT molecular complexity index is 1070. The Kier molecular flexibility index (Phi) is 6.64. The first-order chi connectivity index (χ1) is 14.2. The van der Waals surface area contributed by atoms with E-state index in [1.807, 2.05) is 31.2 Å². The lowest BCUT2D eigenvalue weighted by Crippen LogP contribution is -2.39. The summed E-state index contributed by atoms with van der Waals surface area (Å²) in [6, 6.07) is 10.5. The summed E-state index contributed by atoms with van der Waals surface area (Å²) in [5.74, 6) is -0.576. The zero-order chi connectivity index (χ0) is 21.9. The van der Waals surface area contributed by atoms with Crippen LogP contribution in [0.3, 0.4) is 0 Å². The SMILES string of the molecule is Cc1ccc(CCNC(=O)CN(C)S(=O)(=O)c2cc3c(cc2Cl)NC(=O)CO3)cc1. The maximum atomic E-state index is 12.9. The number of nitrogens with one attached hydrogen (secondary N) is 2. The first-order valence-corrected chi connectivity index (χ1v) is 11.0. The zero-order valence-electron chi connectivity index (χ0n) is 16.6. The van der Waals surface area contributed by atoms with Crippen LogP contribution in [0.5, 0.6) is 5.75 Å². The number of amides is 2. The van der Waals surface area contributed by atoms with Gasteiger partial charge < -0.3 is 15.4 Å². The second-order valence-electron chi connectivity index (χ2n) is 6.96. The van der Waals surface area contributed by atoms with Crippen molar-refractivity contribution >= 4 is 39.1 Å². The monoisotopic (exact) mass is 451 g/mol. The number of hydrogen-bond donors (Lipinski definition) is 2. The van der Waals surface area contributed by atoms with Crippen molar-refractivity contribution in [2.75, 3.05) is 32.1 Å². The average Bonchev–Trinajstić information content (AvgIpc) is 2.68. The number of halogens is 1. The van der Waals surface area contributed by atoms with Crippen LogP contribution in [0, 0.1) is 6.92 Å². The number of sulfonamides is 1. The normalized spacial score (nSPS) is 13.4. The summed E-state index contributed by atoms with van der Waals surface area (Å²) in [5.41, 5.74) is 2.53. The Morgan fingerprint density at radius 3 is 2.67 bits per heavy atom. The fourth-order valence-corrected chi connectivity index (χ4v) is 4.53. The molecule has 0 saturated carbocycles. The number of anilines is 1. The molecule has 0 unspecified atom stereocenters. The molecule has 0 spiro atoms. The van der Waals surface area contributed by atoms with Gasteiger partial charge in [0.2, 0.25) is 15.9 Å². The van der Waals surface area contributed by atoms with Crippen molar-refractivity contribution < 1.29 is 22.7 Å². The molecule has 2 N–H and O–H groups in total. The molecule has 3 rings (SSSR count). The Morgan fingerprint density at radius 2 is 1.97 bits per heavy atom. The van der Waals surface area contributed by atoms with Crippen LogP contribution in [-0.4, -0.2) is 51.3 Å². The van der Waals surface area contributed by atoms with E-state index in [0.717, 1.165) is 15.4 Å². The molecule has 1 heterocycles. The summed E-state index contributed by atoms with van der Waals surface area (Å²) in [7, 11) is -2.75. The minimum absolute atomic E-state index is 0.0776. The largest absolute Gasteiger partial charge is 0.482 e. The summed E-state index contributed by atoms with van der Waals surface area (Å²) < 4.78 is 31.9. The standard InChI is InChI=1S/C20H22ClN3O5S/c1-13-3-5-14(6-4-13)7-8-22-19(25)11-24(2)30(27,28)18-10-17-16(9-15(18)21)23-20(26)12-29-17/h3-6,9-10H,7-8,11-12H2,1-2H3,(H,22,25)(H,23,26). The highest BCUT2D eigenvalue weighted by atomic mass is 35.5. The van der Waals surface area contributed by atoms with Crippen LogP contribution in [0.1, 0.15) is 11.1 Å². The van der Waals surface area contributed by atoms with Crippen LogP contribution in [0.25, 0.3) is 0 Å². The lowest BCUT2D eigenvalue weighted by molar-refractivity contribution is -0.121. The van der Waals surface area contributed by atoms with E-state index in [9.17, 15) is 18.0 Å². The molecule has 0 bridgehead atoms. The molecule has 1 aliphatic heterocycles. The van der Waals surface area contributed by atoms with Gasteiger partial charge in [0.05, 0.1) is 17.3 Å². The third kappa shape index (κ3) is 5.10. The number of ether oxygens (including phenoxy) is 1. The topological polar surface area (TPSA) is 105 Å². The molecule has 2 amide bonds. The van der Waals surface area contributed by atoms with E-state index in [1.165, 1.54) is 19.2 Å². The maximum absolute atomic E-state index is 12.9. The van der Waals surface area contributed by atoms with E-state index in [1.54, 1.807) is 0 Å². The molecule has 160 valence electrons.